The molecule has 3 aliphatic rings. The average Bonchev–Trinajstić information content (AvgIpc) is 3.42. The summed E-state index contributed by atoms with van der Waals surface area (Å²) in [5.74, 6) is -0.324. The number of nitrogens with one attached hydrogen (secondary N) is 1. The summed E-state index contributed by atoms with van der Waals surface area (Å²) in [6, 6.07) is 25.7. The zero-order valence-corrected chi connectivity index (χ0v) is 17.6. The van der Waals surface area contributed by atoms with Crippen LogP contribution in [0.3, 0.4) is 0 Å². The molecule has 0 amide bonds. The molecule has 0 saturated heterocycles. The predicted molar refractivity (Wildman–Crippen MR) is 127 cm³/mol. The Balaban J connectivity index is 1.49. The third-order valence-electron chi connectivity index (χ3n) is 7.91. The van der Waals surface area contributed by atoms with Crippen molar-refractivity contribution in [2.75, 3.05) is 5.32 Å². The number of rotatable bonds is 2. The lowest BCUT2D eigenvalue weighted by atomic mass is 9.74. The monoisotopic (exact) mass is 417 g/mol. The molecule has 1 aliphatic heterocycles. The van der Waals surface area contributed by atoms with Crippen LogP contribution in [0.15, 0.2) is 72.8 Å². The highest BCUT2D eigenvalue weighted by atomic mass is 16.4. The van der Waals surface area contributed by atoms with Crippen LogP contribution in [0.5, 0.6) is 0 Å². The zero-order valence-electron chi connectivity index (χ0n) is 17.6. The molecule has 7 rings (SSSR count). The minimum atomic E-state index is -0.877. The van der Waals surface area contributed by atoms with E-state index in [9.17, 15) is 9.90 Å². The largest absolute Gasteiger partial charge is 0.478 e. The molecule has 4 aromatic carbocycles. The molecule has 0 spiro atoms. The van der Waals surface area contributed by atoms with E-state index in [2.05, 4.69) is 66.0 Å². The van der Waals surface area contributed by atoms with Crippen molar-refractivity contribution in [2.24, 2.45) is 5.92 Å². The molecule has 1 heterocycles. The van der Waals surface area contributed by atoms with Gasteiger partial charge in [0, 0.05) is 5.92 Å². The highest BCUT2D eigenvalue weighted by Crippen LogP contribution is 2.55. The van der Waals surface area contributed by atoms with Gasteiger partial charge in [-0.25, -0.2) is 4.79 Å². The Kier molecular flexibility index (Phi) is 3.64. The van der Waals surface area contributed by atoms with Crippen LogP contribution in [0.2, 0.25) is 0 Å². The van der Waals surface area contributed by atoms with Gasteiger partial charge >= 0.3 is 5.97 Å². The standard InChI is InChI=1S/C29H23NO2/c31-29(32)23-10-4-9-22-26-19-7-2-1-5-18(19)15-24(26)27(30-28(22)23)21-14-13-17-12-11-16-6-3-8-20(21)25(16)17/h1-10,13-14,24,26-27,30H,11-12,15H2,(H,31,32)/t24-,26-,27+/m0/s1. The third kappa shape index (κ3) is 2.34. The lowest BCUT2D eigenvalue weighted by molar-refractivity contribution is 0.0697. The molecule has 2 aliphatic carbocycles. The van der Waals surface area contributed by atoms with E-state index in [0.29, 0.717) is 11.5 Å². The molecule has 0 radical (unpaired) electrons. The number of anilines is 1. The molecule has 32 heavy (non-hydrogen) atoms. The summed E-state index contributed by atoms with van der Waals surface area (Å²) in [7, 11) is 0. The maximum atomic E-state index is 12.1. The molecular formula is C29H23NO2. The normalized spacial score (nSPS) is 22.2. The Morgan fingerprint density at radius 3 is 2.41 bits per heavy atom. The van der Waals surface area contributed by atoms with Crippen LogP contribution in [0.25, 0.3) is 10.8 Å². The van der Waals surface area contributed by atoms with Crippen LogP contribution in [-0.4, -0.2) is 11.1 Å². The van der Waals surface area contributed by atoms with Crippen LogP contribution in [0, 0.1) is 5.92 Å². The van der Waals surface area contributed by atoms with E-state index in [1.165, 1.54) is 38.6 Å². The number of carboxylic acid groups (broad SMARTS) is 1. The smallest absolute Gasteiger partial charge is 0.337 e. The minimum Gasteiger partial charge on any atom is -0.478 e. The highest BCUT2D eigenvalue weighted by Gasteiger charge is 2.44. The van der Waals surface area contributed by atoms with Gasteiger partial charge in [-0.2, -0.15) is 0 Å². The van der Waals surface area contributed by atoms with E-state index < -0.39 is 5.97 Å². The number of hydrogen-bond donors (Lipinski definition) is 2. The van der Waals surface area contributed by atoms with E-state index >= 15 is 0 Å². The van der Waals surface area contributed by atoms with Gasteiger partial charge in [0.05, 0.1) is 17.3 Å². The molecule has 0 aromatic heterocycles. The number of aromatic carboxylic acids is 1. The molecule has 0 bridgehead atoms. The lowest BCUT2D eigenvalue weighted by Crippen LogP contribution is -2.31. The van der Waals surface area contributed by atoms with E-state index in [-0.39, 0.29) is 12.0 Å². The van der Waals surface area contributed by atoms with Gasteiger partial charge in [-0.1, -0.05) is 66.7 Å². The third-order valence-corrected chi connectivity index (χ3v) is 7.91. The Hall–Kier alpha value is -3.59. The summed E-state index contributed by atoms with van der Waals surface area (Å²) in [4.78, 5) is 12.1. The average molecular weight is 418 g/mol. The van der Waals surface area contributed by atoms with E-state index in [1.54, 1.807) is 6.07 Å². The number of carboxylic acids is 1. The van der Waals surface area contributed by atoms with Crippen molar-refractivity contribution in [2.45, 2.75) is 31.2 Å². The number of fused-ring (bicyclic) bond motifs is 5. The fraction of sp³-hybridized carbons (Fsp3) is 0.207. The van der Waals surface area contributed by atoms with Gasteiger partial charge in [0.2, 0.25) is 0 Å². The summed E-state index contributed by atoms with van der Waals surface area (Å²) in [6.07, 6.45) is 3.22. The Labute approximate surface area is 186 Å². The summed E-state index contributed by atoms with van der Waals surface area (Å²) in [6.45, 7) is 0. The number of aryl methyl sites for hydroxylation is 2. The first-order valence-corrected chi connectivity index (χ1v) is 11.4. The van der Waals surface area contributed by atoms with Crippen LogP contribution in [0.4, 0.5) is 5.69 Å². The Morgan fingerprint density at radius 1 is 0.781 bits per heavy atom. The molecule has 2 N–H and O–H groups in total. The van der Waals surface area contributed by atoms with Crippen LogP contribution >= 0.6 is 0 Å². The second-order valence-corrected chi connectivity index (χ2v) is 9.40. The van der Waals surface area contributed by atoms with Gasteiger partial charge in [-0.05, 0) is 75.4 Å². The Bertz CT molecular complexity index is 1430. The van der Waals surface area contributed by atoms with Gasteiger partial charge in [-0.15, -0.1) is 0 Å². The molecule has 0 fully saturated rings. The number of carbonyl (C=O) groups is 1. The fourth-order valence-corrected chi connectivity index (χ4v) is 6.61. The lowest BCUT2D eigenvalue weighted by Gasteiger charge is -2.39. The van der Waals surface area contributed by atoms with Crippen LogP contribution in [-0.2, 0) is 19.3 Å². The second-order valence-electron chi connectivity index (χ2n) is 9.40. The SMILES string of the molecule is O=C(O)c1cccc2c1N[C@H](c1ccc3c4c(cccc14)CC3)[C@H]1Cc3ccccc3[C@@H]21. The van der Waals surface area contributed by atoms with Gasteiger partial charge in [-0.3, -0.25) is 0 Å². The maximum absolute atomic E-state index is 12.1. The van der Waals surface area contributed by atoms with Crippen molar-refractivity contribution < 1.29 is 9.90 Å². The van der Waals surface area contributed by atoms with E-state index in [4.69, 9.17) is 0 Å². The zero-order chi connectivity index (χ0) is 21.4. The van der Waals surface area contributed by atoms with Crippen LogP contribution in [0.1, 0.15) is 55.7 Å². The maximum Gasteiger partial charge on any atom is 0.337 e. The van der Waals surface area contributed by atoms with E-state index in [0.717, 1.165) is 30.5 Å². The van der Waals surface area contributed by atoms with Crippen molar-refractivity contribution in [3.8, 4) is 0 Å². The molecule has 3 heteroatoms. The van der Waals surface area contributed by atoms with Gasteiger partial charge in [0.25, 0.3) is 0 Å². The Morgan fingerprint density at radius 2 is 1.53 bits per heavy atom. The van der Waals surface area contributed by atoms with Crippen molar-refractivity contribution in [3.05, 3.63) is 112 Å². The molecule has 3 nitrogen and oxygen atoms in total. The first-order valence-electron chi connectivity index (χ1n) is 11.4. The molecule has 156 valence electrons. The van der Waals surface area contributed by atoms with Crippen molar-refractivity contribution >= 4 is 22.4 Å². The summed E-state index contributed by atoms with van der Waals surface area (Å²) >= 11 is 0. The predicted octanol–water partition coefficient (Wildman–Crippen LogP) is 6.11. The molecule has 0 unspecified atom stereocenters. The summed E-state index contributed by atoms with van der Waals surface area (Å²) < 4.78 is 0. The quantitative estimate of drug-likeness (QED) is 0.414. The molecule has 4 aromatic rings. The second kappa shape index (κ2) is 6.46. The molecular weight excluding hydrogens is 394 g/mol. The van der Waals surface area contributed by atoms with Gasteiger partial charge in [0.15, 0.2) is 0 Å². The number of para-hydroxylation sites is 1. The van der Waals surface area contributed by atoms with Crippen molar-refractivity contribution in [1.82, 2.24) is 0 Å². The number of benzene rings is 4. The van der Waals surface area contributed by atoms with Crippen molar-refractivity contribution in [3.63, 3.8) is 0 Å². The summed E-state index contributed by atoms with van der Waals surface area (Å²) in [5, 5.41) is 16.4. The minimum absolute atomic E-state index is 0.0605. The van der Waals surface area contributed by atoms with E-state index in [1.807, 2.05) is 6.07 Å². The first-order chi connectivity index (χ1) is 15.7. The topological polar surface area (TPSA) is 49.3 Å². The highest BCUT2D eigenvalue weighted by molar-refractivity contribution is 5.97. The van der Waals surface area contributed by atoms with Gasteiger partial charge < -0.3 is 10.4 Å². The number of hydrogen-bond acceptors (Lipinski definition) is 2. The van der Waals surface area contributed by atoms with Gasteiger partial charge in [0.1, 0.15) is 0 Å². The molecule has 0 saturated carbocycles. The molecule has 3 atom stereocenters. The van der Waals surface area contributed by atoms with Crippen molar-refractivity contribution in [1.29, 1.82) is 0 Å². The summed E-state index contributed by atoms with van der Waals surface area (Å²) in [5.41, 5.74) is 9.16. The fourth-order valence-electron chi connectivity index (χ4n) is 6.61. The first kappa shape index (κ1) is 18.0. The van der Waals surface area contributed by atoms with Crippen LogP contribution < -0.4 is 5.32 Å².